The summed E-state index contributed by atoms with van der Waals surface area (Å²) in [5.74, 6) is 1.18. The third-order valence-electron chi connectivity index (χ3n) is 2.60. The van der Waals surface area contributed by atoms with E-state index in [0.717, 1.165) is 18.0 Å². The lowest BCUT2D eigenvalue weighted by atomic mass is 10.1. The van der Waals surface area contributed by atoms with Gasteiger partial charge in [-0.25, -0.2) is 0 Å². The molecule has 5 nitrogen and oxygen atoms in total. The number of rotatable bonds is 7. The highest BCUT2D eigenvalue weighted by Crippen LogP contribution is 2.10. The van der Waals surface area contributed by atoms with Gasteiger partial charge in [0.05, 0.1) is 6.20 Å². The Morgan fingerprint density at radius 2 is 2.00 bits per heavy atom. The summed E-state index contributed by atoms with van der Waals surface area (Å²) in [5, 5.41) is 14.8. The minimum atomic E-state index is 0.507. The zero-order chi connectivity index (χ0) is 14.2. The van der Waals surface area contributed by atoms with Gasteiger partial charge in [0.15, 0.2) is 5.82 Å². The molecule has 0 aliphatic rings. The molecular formula is C14H16ClN5. The molecule has 1 aromatic heterocycles. The summed E-state index contributed by atoms with van der Waals surface area (Å²) in [6, 6.07) is 7.78. The molecule has 6 heteroatoms. The highest BCUT2D eigenvalue weighted by atomic mass is 35.5. The molecule has 2 N–H and O–H groups in total. The second kappa shape index (κ2) is 7.45. The van der Waals surface area contributed by atoms with Crippen molar-refractivity contribution in [1.82, 2.24) is 15.2 Å². The van der Waals surface area contributed by atoms with Crippen molar-refractivity contribution in [3.8, 4) is 0 Å². The topological polar surface area (TPSA) is 62.7 Å². The van der Waals surface area contributed by atoms with Crippen LogP contribution in [0.15, 0.2) is 43.1 Å². The molecule has 0 aliphatic carbocycles. The van der Waals surface area contributed by atoms with Gasteiger partial charge in [0.1, 0.15) is 0 Å². The second-order valence-electron chi connectivity index (χ2n) is 4.14. The van der Waals surface area contributed by atoms with E-state index < -0.39 is 0 Å². The standard InChI is InChI=1S/C14H16ClN5/c1-2-8-16-13-10-18-20-14(19-13)17-9-7-11-3-5-12(15)6-4-11/h2-6,10H,1,7-9H2,(H2,16,17,19,20). The molecule has 0 spiro atoms. The first kappa shape index (κ1) is 14.3. The second-order valence-corrected chi connectivity index (χ2v) is 4.57. The highest BCUT2D eigenvalue weighted by Gasteiger charge is 1.99. The molecular weight excluding hydrogens is 274 g/mol. The number of aromatic nitrogens is 3. The molecule has 104 valence electrons. The zero-order valence-corrected chi connectivity index (χ0v) is 11.8. The van der Waals surface area contributed by atoms with E-state index in [1.807, 2.05) is 24.3 Å². The third kappa shape index (κ3) is 4.51. The van der Waals surface area contributed by atoms with E-state index in [4.69, 9.17) is 11.6 Å². The Hall–Kier alpha value is -2.14. The van der Waals surface area contributed by atoms with Crippen molar-refractivity contribution in [2.75, 3.05) is 23.7 Å². The van der Waals surface area contributed by atoms with Crippen molar-refractivity contribution in [3.05, 3.63) is 53.7 Å². The van der Waals surface area contributed by atoms with E-state index >= 15 is 0 Å². The molecule has 0 aliphatic heterocycles. The molecule has 0 saturated heterocycles. The number of benzene rings is 1. The fraction of sp³-hybridized carbons (Fsp3) is 0.214. The summed E-state index contributed by atoms with van der Waals surface area (Å²) in [5.41, 5.74) is 1.20. The van der Waals surface area contributed by atoms with Crippen molar-refractivity contribution >= 4 is 23.4 Å². The third-order valence-corrected chi connectivity index (χ3v) is 2.85. The number of anilines is 2. The van der Waals surface area contributed by atoms with Gasteiger partial charge in [-0.2, -0.15) is 10.1 Å². The van der Waals surface area contributed by atoms with Crippen LogP contribution in [0.2, 0.25) is 5.02 Å². The van der Waals surface area contributed by atoms with Crippen molar-refractivity contribution in [3.63, 3.8) is 0 Å². The molecule has 0 fully saturated rings. The summed E-state index contributed by atoms with van der Waals surface area (Å²) >= 11 is 5.84. The quantitative estimate of drug-likeness (QED) is 0.768. The summed E-state index contributed by atoms with van der Waals surface area (Å²) in [4.78, 5) is 4.29. The average Bonchev–Trinajstić information content (AvgIpc) is 2.48. The van der Waals surface area contributed by atoms with Gasteiger partial charge in [-0.05, 0) is 24.1 Å². The van der Waals surface area contributed by atoms with Crippen molar-refractivity contribution in [2.45, 2.75) is 6.42 Å². The molecule has 0 atom stereocenters. The smallest absolute Gasteiger partial charge is 0.244 e. The minimum absolute atomic E-state index is 0.507. The highest BCUT2D eigenvalue weighted by molar-refractivity contribution is 6.30. The van der Waals surface area contributed by atoms with Crippen molar-refractivity contribution in [2.24, 2.45) is 0 Å². The maximum atomic E-state index is 5.84. The normalized spacial score (nSPS) is 10.1. The molecule has 0 amide bonds. The van der Waals surface area contributed by atoms with Crippen LogP contribution in [0.1, 0.15) is 5.56 Å². The Morgan fingerprint density at radius 3 is 2.75 bits per heavy atom. The lowest BCUT2D eigenvalue weighted by Crippen LogP contribution is -2.10. The van der Waals surface area contributed by atoms with E-state index in [-0.39, 0.29) is 0 Å². The van der Waals surface area contributed by atoms with E-state index in [9.17, 15) is 0 Å². The Bertz CT molecular complexity index is 556. The first-order chi connectivity index (χ1) is 9.78. The molecule has 0 radical (unpaired) electrons. The number of nitrogens with zero attached hydrogens (tertiary/aromatic N) is 3. The summed E-state index contributed by atoms with van der Waals surface area (Å²) < 4.78 is 0. The molecule has 0 bridgehead atoms. The molecule has 0 saturated carbocycles. The van der Waals surface area contributed by atoms with Gasteiger partial charge >= 0.3 is 0 Å². The first-order valence-electron chi connectivity index (χ1n) is 6.31. The maximum absolute atomic E-state index is 5.84. The van der Waals surface area contributed by atoms with E-state index in [2.05, 4.69) is 32.4 Å². The number of hydrogen-bond acceptors (Lipinski definition) is 5. The van der Waals surface area contributed by atoms with Crippen LogP contribution in [0.5, 0.6) is 0 Å². The summed E-state index contributed by atoms with van der Waals surface area (Å²) in [7, 11) is 0. The molecule has 2 aromatic rings. The lowest BCUT2D eigenvalue weighted by molar-refractivity contribution is 0.925. The lowest BCUT2D eigenvalue weighted by Gasteiger charge is -2.06. The van der Waals surface area contributed by atoms with Gasteiger partial charge < -0.3 is 10.6 Å². The SMILES string of the molecule is C=CCNc1cnnc(NCCc2ccc(Cl)cc2)n1. The van der Waals surface area contributed by atoms with Crippen LogP contribution < -0.4 is 10.6 Å². The van der Waals surface area contributed by atoms with Gasteiger partial charge in [0.25, 0.3) is 0 Å². The average molecular weight is 290 g/mol. The Morgan fingerprint density at radius 1 is 1.20 bits per heavy atom. The summed E-state index contributed by atoms with van der Waals surface area (Å²) in [6.45, 7) is 5.01. The van der Waals surface area contributed by atoms with E-state index in [1.54, 1.807) is 12.3 Å². The predicted molar refractivity (Wildman–Crippen MR) is 82.2 cm³/mol. The Kier molecular flexibility index (Phi) is 5.32. The maximum Gasteiger partial charge on any atom is 0.244 e. The van der Waals surface area contributed by atoms with Gasteiger partial charge in [-0.1, -0.05) is 29.8 Å². The van der Waals surface area contributed by atoms with Crippen LogP contribution in [0.4, 0.5) is 11.8 Å². The Labute approximate surface area is 123 Å². The van der Waals surface area contributed by atoms with Crippen LogP contribution in [-0.2, 0) is 6.42 Å². The summed E-state index contributed by atoms with van der Waals surface area (Å²) in [6.07, 6.45) is 4.20. The fourth-order valence-electron chi connectivity index (χ4n) is 1.61. The van der Waals surface area contributed by atoms with Gasteiger partial charge in [0, 0.05) is 18.1 Å². The predicted octanol–water partition coefficient (Wildman–Crippen LogP) is 2.78. The zero-order valence-electron chi connectivity index (χ0n) is 11.0. The number of halogens is 1. The van der Waals surface area contributed by atoms with E-state index in [0.29, 0.717) is 18.3 Å². The molecule has 20 heavy (non-hydrogen) atoms. The van der Waals surface area contributed by atoms with Gasteiger partial charge in [-0.15, -0.1) is 11.7 Å². The van der Waals surface area contributed by atoms with Crippen LogP contribution in [0.25, 0.3) is 0 Å². The van der Waals surface area contributed by atoms with Gasteiger partial charge in [0.2, 0.25) is 5.95 Å². The molecule has 2 rings (SSSR count). The first-order valence-corrected chi connectivity index (χ1v) is 6.68. The number of hydrogen-bond donors (Lipinski definition) is 2. The minimum Gasteiger partial charge on any atom is -0.365 e. The molecule has 1 heterocycles. The van der Waals surface area contributed by atoms with Crippen molar-refractivity contribution < 1.29 is 0 Å². The monoisotopic (exact) mass is 289 g/mol. The molecule has 0 unspecified atom stereocenters. The Balaban J connectivity index is 1.84. The molecule has 1 aromatic carbocycles. The van der Waals surface area contributed by atoms with Crippen molar-refractivity contribution in [1.29, 1.82) is 0 Å². The van der Waals surface area contributed by atoms with Gasteiger partial charge in [-0.3, -0.25) is 0 Å². The van der Waals surface area contributed by atoms with E-state index in [1.165, 1.54) is 5.56 Å². The van der Waals surface area contributed by atoms with Crippen LogP contribution in [0.3, 0.4) is 0 Å². The van der Waals surface area contributed by atoms with Crippen LogP contribution in [0, 0.1) is 0 Å². The fourth-order valence-corrected chi connectivity index (χ4v) is 1.74. The van der Waals surface area contributed by atoms with Crippen LogP contribution >= 0.6 is 11.6 Å². The number of nitrogens with one attached hydrogen (secondary N) is 2. The largest absolute Gasteiger partial charge is 0.365 e. The van der Waals surface area contributed by atoms with Crippen LogP contribution in [-0.4, -0.2) is 28.3 Å².